The first-order valence-electron chi connectivity index (χ1n) is 5.39. The molecule has 0 unspecified atom stereocenters. The first-order valence-corrected chi connectivity index (χ1v) is 5.77. The van der Waals surface area contributed by atoms with Crippen LogP contribution in [-0.4, -0.2) is 15.9 Å². The Kier molecular flexibility index (Phi) is 3.10. The van der Waals surface area contributed by atoms with Crippen molar-refractivity contribution in [3.63, 3.8) is 0 Å². The van der Waals surface area contributed by atoms with E-state index in [2.05, 4.69) is 15.3 Å². The van der Waals surface area contributed by atoms with Gasteiger partial charge in [-0.1, -0.05) is 31.4 Å². The van der Waals surface area contributed by atoms with Crippen LogP contribution in [-0.2, 0) is 4.79 Å². The first kappa shape index (κ1) is 11.3. The first-order chi connectivity index (χ1) is 7.60. The maximum Gasteiger partial charge on any atom is 0.231 e. The number of halogens is 1. The van der Waals surface area contributed by atoms with Gasteiger partial charge in [-0.2, -0.15) is 0 Å². The molecule has 0 aliphatic heterocycles. The molecule has 1 aromatic rings. The fourth-order valence-corrected chi connectivity index (χ4v) is 2.12. The molecule has 2 rings (SSSR count). The summed E-state index contributed by atoms with van der Waals surface area (Å²) >= 11 is 5.62. The molecule has 86 valence electrons. The largest absolute Gasteiger partial charge is 0.309 e. The Morgan fingerprint density at radius 2 is 2.06 bits per heavy atom. The molecule has 0 bridgehead atoms. The lowest BCUT2D eigenvalue weighted by Crippen LogP contribution is -2.31. The summed E-state index contributed by atoms with van der Waals surface area (Å²) in [7, 11) is 0. The van der Waals surface area contributed by atoms with E-state index in [1.807, 2.05) is 6.92 Å². The van der Waals surface area contributed by atoms with Gasteiger partial charge in [0.05, 0.1) is 12.4 Å². The molecule has 1 heterocycles. The van der Waals surface area contributed by atoms with Crippen molar-refractivity contribution in [3.8, 4) is 0 Å². The number of nitrogens with zero attached hydrogens (tertiary/aromatic N) is 2. The number of hydrogen-bond donors (Lipinski definition) is 1. The molecule has 4 nitrogen and oxygen atoms in total. The van der Waals surface area contributed by atoms with Crippen LogP contribution in [0.3, 0.4) is 0 Å². The molecule has 1 N–H and O–H groups in total. The van der Waals surface area contributed by atoms with E-state index in [0.717, 1.165) is 25.7 Å². The Morgan fingerprint density at radius 1 is 1.38 bits per heavy atom. The lowest BCUT2D eigenvalue weighted by molar-refractivity contribution is -0.124. The summed E-state index contributed by atoms with van der Waals surface area (Å²) < 4.78 is 0. The van der Waals surface area contributed by atoms with Crippen molar-refractivity contribution in [1.29, 1.82) is 0 Å². The molecule has 0 spiro atoms. The smallest absolute Gasteiger partial charge is 0.231 e. The molecule has 16 heavy (non-hydrogen) atoms. The highest BCUT2D eigenvalue weighted by Gasteiger charge is 2.36. The number of aromatic nitrogens is 2. The van der Waals surface area contributed by atoms with E-state index in [4.69, 9.17) is 11.6 Å². The minimum atomic E-state index is -0.249. The molecule has 0 atom stereocenters. The molecule has 1 fully saturated rings. The predicted octanol–water partition coefficient (Wildman–Crippen LogP) is 2.65. The Hall–Kier alpha value is -1.16. The zero-order valence-electron chi connectivity index (χ0n) is 9.16. The molecule has 1 aromatic heterocycles. The summed E-state index contributed by atoms with van der Waals surface area (Å²) in [6.45, 7) is 2.00. The topological polar surface area (TPSA) is 54.9 Å². The van der Waals surface area contributed by atoms with Crippen LogP contribution < -0.4 is 5.32 Å². The molecule has 5 heteroatoms. The maximum atomic E-state index is 12.0. The van der Waals surface area contributed by atoms with Crippen LogP contribution in [0.4, 0.5) is 5.82 Å². The predicted molar refractivity (Wildman–Crippen MR) is 62.2 cm³/mol. The van der Waals surface area contributed by atoms with Crippen molar-refractivity contribution >= 4 is 23.3 Å². The standard InChI is InChI=1S/C11H14ClN3O/c1-11(4-2-3-5-11)10(16)15-9-7-13-8(12)6-14-9/h6-7H,2-5H2,1H3,(H,14,15,16). The maximum absolute atomic E-state index is 12.0. The minimum absolute atomic E-state index is 0.0293. The molecule has 1 aliphatic rings. The molecule has 0 radical (unpaired) electrons. The average Bonchev–Trinajstić information content (AvgIpc) is 2.70. The van der Waals surface area contributed by atoms with Crippen LogP contribution in [0.25, 0.3) is 0 Å². The van der Waals surface area contributed by atoms with Crippen molar-refractivity contribution in [3.05, 3.63) is 17.5 Å². The van der Waals surface area contributed by atoms with Crippen molar-refractivity contribution in [2.75, 3.05) is 5.32 Å². The Bertz CT molecular complexity index is 385. The number of rotatable bonds is 2. The van der Waals surface area contributed by atoms with E-state index in [1.54, 1.807) is 0 Å². The highest BCUT2D eigenvalue weighted by atomic mass is 35.5. The molecule has 1 amide bonds. The Labute approximate surface area is 99.4 Å². The van der Waals surface area contributed by atoms with E-state index < -0.39 is 0 Å². The second-order valence-electron chi connectivity index (χ2n) is 4.45. The van der Waals surface area contributed by atoms with Gasteiger partial charge in [0.2, 0.25) is 5.91 Å². The second kappa shape index (κ2) is 4.37. The van der Waals surface area contributed by atoms with E-state index in [-0.39, 0.29) is 11.3 Å². The lowest BCUT2D eigenvalue weighted by atomic mass is 9.88. The average molecular weight is 240 g/mol. The van der Waals surface area contributed by atoms with Crippen LogP contribution >= 0.6 is 11.6 Å². The fraction of sp³-hybridized carbons (Fsp3) is 0.545. The quantitative estimate of drug-likeness (QED) is 0.863. The van der Waals surface area contributed by atoms with Crippen LogP contribution in [0, 0.1) is 5.41 Å². The minimum Gasteiger partial charge on any atom is -0.309 e. The summed E-state index contributed by atoms with van der Waals surface area (Å²) in [5, 5.41) is 3.10. The molecule has 0 saturated heterocycles. The summed E-state index contributed by atoms with van der Waals surface area (Å²) in [5.74, 6) is 0.490. The third kappa shape index (κ3) is 2.32. The number of amides is 1. The molecule has 1 aliphatic carbocycles. The van der Waals surface area contributed by atoms with Gasteiger partial charge in [0, 0.05) is 5.41 Å². The van der Waals surface area contributed by atoms with Gasteiger partial charge in [-0.25, -0.2) is 9.97 Å². The molecule has 1 saturated carbocycles. The number of hydrogen-bond acceptors (Lipinski definition) is 3. The second-order valence-corrected chi connectivity index (χ2v) is 4.83. The van der Waals surface area contributed by atoms with Crippen molar-refractivity contribution in [1.82, 2.24) is 9.97 Å². The third-order valence-corrected chi connectivity index (χ3v) is 3.31. The highest BCUT2D eigenvalue weighted by molar-refractivity contribution is 6.29. The Balaban J connectivity index is 2.04. The van der Waals surface area contributed by atoms with Crippen LogP contribution in [0.1, 0.15) is 32.6 Å². The number of carbonyl (C=O) groups is 1. The van der Waals surface area contributed by atoms with Gasteiger partial charge in [-0.3, -0.25) is 4.79 Å². The van der Waals surface area contributed by atoms with Gasteiger partial charge in [0.15, 0.2) is 5.82 Å². The summed E-state index contributed by atoms with van der Waals surface area (Å²) in [6.07, 6.45) is 7.03. The molecular weight excluding hydrogens is 226 g/mol. The van der Waals surface area contributed by atoms with Crippen molar-refractivity contribution < 1.29 is 4.79 Å². The number of anilines is 1. The van der Waals surface area contributed by atoms with Gasteiger partial charge in [0.25, 0.3) is 0 Å². The van der Waals surface area contributed by atoms with Gasteiger partial charge >= 0.3 is 0 Å². The normalized spacial score (nSPS) is 18.4. The Morgan fingerprint density at radius 3 is 2.62 bits per heavy atom. The van der Waals surface area contributed by atoms with E-state index in [1.165, 1.54) is 12.4 Å². The van der Waals surface area contributed by atoms with E-state index in [9.17, 15) is 4.79 Å². The number of carbonyl (C=O) groups excluding carboxylic acids is 1. The lowest BCUT2D eigenvalue weighted by Gasteiger charge is -2.21. The van der Waals surface area contributed by atoms with Gasteiger partial charge in [0.1, 0.15) is 5.15 Å². The van der Waals surface area contributed by atoms with E-state index in [0.29, 0.717) is 11.0 Å². The summed E-state index contributed by atoms with van der Waals surface area (Å²) in [4.78, 5) is 19.9. The van der Waals surface area contributed by atoms with Gasteiger partial charge < -0.3 is 5.32 Å². The highest BCUT2D eigenvalue weighted by Crippen LogP contribution is 2.38. The zero-order valence-corrected chi connectivity index (χ0v) is 9.92. The fourth-order valence-electron chi connectivity index (χ4n) is 2.03. The van der Waals surface area contributed by atoms with E-state index >= 15 is 0 Å². The van der Waals surface area contributed by atoms with Crippen molar-refractivity contribution in [2.24, 2.45) is 5.41 Å². The van der Waals surface area contributed by atoms with Crippen LogP contribution in [0.2, 0.25) is 5.15 Å². The summed E-state index contributed by atoms with van der Waals surface area (Å²) in [6, 6.07) is 0. The van der Waals surface area contributed by atoms with Gasteiger partial charge in [-0.05, 0) is 12.8 Å². The monoisotopic (exact) mass is 239 g/mol. The SMILES string of the molecule is CC1(C(=O)Nc2cnc(Cl)cn2)CCCC1. The zero-order chi connectivity index (χ0) is 11.6. The van der Waals surface area contributed by atoms with Crippen molar-refractivity contribution in [2.45, 2.75) is 32.6 Å². The molecular formula is C11H14ClN3O. The van der Waals surface area contributed by atoms with Crippen LogP contribution in [0.5, 0.6) is 0 Å². The summed E-state index contributed by atoms with van der Waals surface area (Å²) in [5.41, 5.74) is -0.249. The number of nitrogens with one attached hydrogen (secondary N) is 1. The van der Waals surface area contributed by atoms with Crippen LogP contribution in [0.15, 0.2) is 12.4 Å². The van der Waals surface area contributed by atoms with Gasteiger partial charge in [-0.15, -0.1) is 0 Å². The molecule has 0 aromatic carbocycles. The third-order valence-electron chi connectivity index (χ3n) is 3.12.